The molecule has 0 heterocycles. The highest BCUT2D eigenvalue weighted by molar-refractivity contribution is 6.01. The first-order valence-corrected chi connectivity index (χ1v) is 7.23. The number of ether oxygens (including phenoxy) is 2. The fraction of sp³-hybridized carbons (Fsp3) is 0.500. The molecule has 22 heavy (non-hydrogen) atoms. The van der Waals surface area contributed by atoms with Crippen LogP contribution >= 0.6 is 0 Å². The van der Waals surface area contributed by atoms with Gasteiger partial charge in [-0.1, -0.05) is 19.4 Å². The average molecular weight is 309 g/mol. The van der Waals surface area contributed by atoms with Crippen molar-refractivity contribution in [1.29, 1.82) is 0 Å². The largest absolute Gasteiger partial charge is 0.493 e. The zero-order valence-electron chi connectivity index (χ0n) is 13.4. The summed E-state index contributed by atoms with van der Waals surface area (Å²) in [6.45, 7) is 7.63. The van der Waals surface area contributed by atoms with Crippen LogP contribution in [0.4, 0.5) is 10.5 Å². The van der Waals surface area contributed by atoms with Crippen LogP contribution in [-0.4, -0.2) is 29.4 Å². The van der Waals surface area contributed by atoms with Gasteiger partial charge in [-0.05, 0) is 39.3 Å². The second-order valence-electron chi connectivity index (χ2n) is 5.81. The summed E-state index contributed by atoms with van der Waals surface area (Å²) < 4.78 is 10.6. The van der Waals surface area contributed by atoms with Crippen molar-refractivity contribution in [3.63, 3.8) is 0 Å². The SMILES string of the molecule is CCCCOc1cccc(NC(=O)OC(C)(C)C)c1C(=O)O. The van der Waals surface area contributed by atoms with E-state index < -0.39 is 17.7 Å². The number of anilines is 1. The molecule has 0 aromatic heterocycles. The molecule has 0 saturated heterocycles. The lowest BCUT2D eigenvalue weighted by atomic mass is 10.1. The Morgan fingerprint density at radius 3 is 2.50 bits per heavy atom. The predicted octanol–water partition coefficient (Wildman–Crippen LogP) is 3.91. The summed E-state index contributed by atoms with van der Waals surface area (Å²) in [4.78, 5) is 23.3. The van der Waals surface area contributed by atoms with Crippen LogP contribution in [0.2, 0.25) is 0 Å². The van der Waals surface area contributed by atoms with Gasteiger partial charge in [-0.3, -0.25) is 5.32 Å². The Kier molecular flexibility index (Phi) is 6.22. The Balaban J connectivity index is 2.96. The molecule has 0 unspecified atom stereocenters. The number of unbranched alkanes of at least 4 members (excludes halogenated alkanes) is 1. The van der Waals surface area contributed by atoms with Crippen LogP contribution in [0.25, 0.3) is 0 Å². The molecule has 0 atom stereocenters. The Morgan fingerprint density at radius 2 is 1.95 bits per heavy atom. The first-order valence-electron chi connectivity index (χ1n) is 7.23. The molecule has 6 nitrogen and oxygen atoms in total. The fourth-order valence-corrected chi connectivity index (χ4v) is 1.72. The second kappa shape index (κ2) is 7.68. The molecule has 1 amide bonds. The van der Waals surface area contributed by atoms with E-state index in [4.69, 9.17) is 9.47 Å². The van der Waals surface area contributed by atoms with E-state index in [1.54, 1.807) is 32.9 Å². The summed E-state index contributed by atoms with van der Waals surface area (Å²) in [5.74, 6) is -0.937. The standard InChI is InChI=1S/C16H23NO5/c1-5-6-10-21-12-9-7-8-11(13(12)14(18)19)17-15(20)22-16(2,3)4/h7-9H,5-6,10H2,1-4H3,(H,17,20)(H,18,19). The lowest BCUT2D eigenvalue weighted by Gasteiger charge is -2.20. The molecule has 2 N–H and O–H groups in total. The summed E-state index contributed by atoms with van der Waals surface area (Å²) >= 11 is 0. The van der Waals surface area contributed by atoms with E-state index in [-0.39, 0.29) is 17.0 Å². The average Bonchev–Trinajstić information content (AvgIpc) is 2.36. The van der Waals surface area contributed by atoms with Gasteiger partial charge in [0.1, 0.15) is 16.9 Å². The van der Waals surface area contributed by atoms with E-state index in [2.05, 4.69) is 5.32 Å². The molecule has 122 valence electrons. The highest BCUT2D eigenvalue weighted by Gasteiger charge is 2.21. The minimum absolute atomic E-state index is 0.0792. The van der Waals surface area contributed by atoms with Crippen molar-refractivity contribution in [1.82, 2.24) is 0 Å². The number of carboxylic acid groups (broad SMARTS) is 1. The number of benzene rings is 1. The topological polar surface area (TPSA) is 84.9 Å². The van der Waals surface area contributed by atoms with E-state index in [0.717, 1.165) is 12.8 Å². The molecule has 6 heteroatoms. The van der Waals surface area contributed by atoms with E-state index >= 15 is 0 Å². The first kappa shape index (κ1) is 17.8. The number of aromatic carboxylic acids is 1. The molecule has 0 bridgehead atoms. The Bertz CT molecular complexity index is 534. The number of rotatable bonds is 6. The highest BCUT2D eigenvalue weighted by atomic mass is 16.6. The Morgan fingerprint density at radius 1 is 1.27 bits per heavy atom. The van der Waals surface area contributed by atoms with Crippen LogP contribution in [0.3, 0.4) is 0 Å². The molecular formula is C16H23NO5. The van der Waals surface area contributed by atoms with Crippen LogP contribution in [-0.2, 0) is 4.74 Å². The van der Waals surface area contributed by atoms with E-state index in [9.17, 15) is 14.7 Å². The van der Waals surface area contributed by atoms with E-state index in [1.165, 1.54) is 6.07 Å². The van der Waals surface area contributed by atoms with Crippen molar-refractivity contribution in [2.45, 2.75) is 46.1 Å². The number of hydrogen-bond donors (Lipinski definition) is 2. The number of hydrogen-bond acceptors (Lipinski definition) is 4. The van der Waals surface area contributed by atoms with Gasteiger partial charge in [0.25, 0.3) is 0 Å². The molecule has 1 aromatic rings. The molecule has 0 aliphatic rings. The quantitative estimate of drug-likeness (QED) is 0.778. The fourth-order valence-electron chi connectivity index (χ4n) is 1.72. The Labute approximate surface area is 130 Å². The second-order valence-corrected chi connectivity index (χ2v) is 5.81. The summed E-state index contributed by atoms with van der Waals surface area (Å²) in [6.07, 6.45) is 1.06. The maximum atomic E-state index is 11.8. The predicted molar refractivity (Wildman–Crippen MR) is 83.7 cm³/mol. The number of carbonyl (C=O) groups is 2. The van der Waals surface area contributed by atoms with Crippen LogP contribution in [0.15, 0.2) is 18.2 Å². The maximum absolute atomic E-state index is 11.8. The smallest absolute Gasteiger partial charge is 0.412 e. The molecular weight excluding hydrogens is 286 g/mol. The molecule has 0 aliphatic carbocycles. The highest BCUT2D eigenvalue weighted by Crippen LogP contribution is 2.27. The lowest BCUT2D eigenvalue weighted by Crippen LogP contribution is -2.27. The van der Waals surface area contributed by atoms with Gasteiger partial charge in [0.2, 0.25) is 0 Å². The van der Waals surface area contributed by atoms with E-state index in [0.29, 0.717) is 6.61 Å². The van der Waals surface area contributed by atoms with Gasteiger partial charge in [0.05, 0.1) is 12.3 Å². The lowest BCUT2D eigenvalue weighted by molar-refractivity contribution is 0.0636. The summed E-state index contributed by atoms with van der Waals surface area (Å²) in [7, 11) is 0. The normalized spacial score (nSPS) is 10.9. The zero-order chi connectivity index (χ0) is 16.8. The van der Waals surface area contributed by atoms with Crippen LogP contribution in [0, 0.1) is 0 Å². The number of carboxylic acids is 1. The van der Waals surface area contributed by atoms with Crippen molar-refractivity contribution >= 4 is 17.7 Å². The van der Waals surface area contributed by atoms with Crippen molar-refractivity contribution in [2.75, 3.05) is 11.9 Å². The van der Waals surface area contributed by atoms with Gasteiger partial charge < -0.3 is 14.6 Å². The third kappa shape index (κ3) is 5.63. The molecule has 0 aliphatic heterocycles. The van der Waals surface area contributed by atoms with Crippen molar-refractivity contribution in [2.24, 2.45) is 0 Å². The maximum Gasteiger partial charge on any atom is 0.412 e. The number of nitrogens with one attached hydrogen (secondary N) is 1. The van der Waals surface area contributed by atoms with Crippen LogP contribution in [0.1, 0.15) is 50.9 Å². The van der Waals surface area contributed by atoms with Crippen LogP contribution < -0.4 is 10.1 Å². The molecule has 0 saturated carbocycles. The van der Waals surface area contributed by atoms with Gasteiger partial charge in [0, 0.05) is 0 Å². The third-order valence-corrected chi connectivity index (χ3v) is 2.63. The van der Waals surface area contributed by atoms with Gasteiger partial charge in [-0.15, -0.1) is 0 Å². The molecule has 0 radical (unpaired) electrons. The molecule has 0 fully saturated rings. The van der Waals surface area contributed by atoms with Crippen molar-refractivity contribution in [3.8, 4) is 5.75 Å². The third-order valence-electron chi connectivity index (χ3n) is 2.63. The monoisotopic (exact) mass is 309 g/mol. The number of amides is 1. The summed E-state index contributed by atoms with van der Waals surface area (Å²) in [6, 6.07) is 4.69. The molecule has 1 aromatic carbocycles. The van der Waals surface area contributed by atoms with E-state index in [1.807, 2.05) is 6.92 Å². The minimum atomic E-state index is -1.17. The van der Waals surface area contributed by atoms with Crippen molar-refractivity contribution in [3.05, 3.63) is 23.8 Å². The van der Waals surface area contributed by atoms with Crippen molar-refractivity contribution < 1.29 is 24.2 Å². The van der Waals surface area contributed by atoms with Gasteiger partial charge in [0.15, 0.2) is 0 Å². The van der Waals surface area contributed by atoms with Gasteiger partial charge in [-0.2, -0.15) is 0 Å². The molecule has 1 rings (SSSR count). The number of carbonyl (C=O) groups excluding carboxylic acids is 1. The minimum Gasteiger partial charge on any atom is -0.493 e. The van der Waals surface area contributed by atoms with Gasteiger partial charge >= 0.3 is 12.1 Å². The first-order chi connectivity index (χ1) is 10.2. The van der Waals surface area contributed by atoms with Gasteiger partial charge in [-0.25, -0.2) is 9.59 Å². The zero-order valence-corrected chi connectivity index (χ0v) is 13.4. The summed E-state index contributed by atoms with van der Waals surface area (Å²) in [5, 5.41) is 11.8. The summed E-state index contributed by atoms with van der Waals surface area (Å²) in [5.41, 5.74) is -0.594. The van der Waals surface area contributed by atoms with Crippen LogP contribution in [0.5, 0.6) is 5.75 Å². The Hall–Kier alpha value is -2.24. The molecule has 0 spiro atoms.